The molecule has 0 saturated heterocycles. The van der Waals surface area contributed by atoms with Gasteiger partial charge >= 0.3 is 0 Å². The highest BCUT2D eigenvalue weighted by Crippen LogP contribution is 2.23. The Kier molecular flexibility index (Phi) is 2.70. The molecule has 1 N–H and O–H groups in total. The molecule has 0 aliphatic heterocycles. The number of benzene rings is 1. The molecular weight excluding hydrogens is 230 g/mol. The van der Waals surface area contributed by atoms with Crippen LogP contribution in [0.25, 0.3) is 10.9 Å². The Morgan fingerprint density at radius 1 is 1.22 bits per heavy atom. The molecule has 0 unspecified atom stereocenters. The van der Waals surface area contributed by atoms with E-state index in [-0.39, 0.29) is 17.4 Å². The summed E-state index contributed by atoms with van der Waals surface area (Å²) in [6.45, 7) is 0. The maximum atomic E-state index is 11.9. The normalized spacial score (nSPS) is 16.2. The molecule has 1 saturated carbocycles. The maximum absolute atomic E-state index is 11.9. The summed E-state index contributed by atoms with van der Waals surface area (Å²) >= 11 is 0. The molecule has 1 heterocycles. The molecule has 0 spiro atoms. The quantitative estimate of drug-likeness (QED) is 0.881. The predicted octanol–water partition coefficient (Wildman–Crippen LogP) is 2.08. The molecular formula is C14H15NO3. The van der Waals surface area contributed by atoms with Crippen molar-refractivity contribution in [1.29, 1.82) is 0 Å². The van der Waals surface area contributed by atoms with Crippen LogP contribution in [0.5, 0.6) is 5.75 Å². The SMILES string of the molecule is O=c1cc(O)c2ccccc2n1OC1CCCC1. The van der Waals surface area contributed by atoms with Crippen LogP contribution >= 0.6 is 0 Å². The molecule has 3 rings (SSSR count). The van der Waals surface area contributed by atoms with Crippen molar-refractivity contribution in [3.05, 3.63) is 40.7 Å². The van der Waals surface area contributed by atoms with Crippen molar-refractivity contribution in [2.45, 2.75) is 31.8 Å². The first kappa shape index (κ1) is 11.1. The van der Waals surface area contributed by atoms with Crippen molar-refractivity contribution >= 4 is 10.9 Å². The summed E-state index contributed by atoms with van der Waals surface area (Å²) in [7, 11) is 0. The van der Waals surface area contributed by atoms with E-state index < -0.39 is 0 Å². The Hall–Kier alpha value is -1.97. The molecule has 18 heavy (non-hydrogen) atoms. The summed E-state index contributed by atoms with van der Waals surface area (Å²) in [5.74, 6) is 0.00173. The van der Waals surface area contributed by atoms with E-state index in [9.17, 15) is 9.90 Å². The molecule has 0 amide bonds. The minimum absolute atomic E-state index is 0.00173. The van der Waals surface area contributed by atoms with Gasteiger partial charge in [0.15, 0.2) is 0 Å². The largest absolute Gasteiger partial charge is 0.507 e. The minimum atomic E-state index is -0.321. The van der Waals surface area contributed by atoms with E-state index in [0.29, 0.717) is 10.9 Å². The number of hydrogen-bond donors (Lipinski definition) is 1. The van der Waals surface area contributed by atoms with Crippen LogP contribution in [0.3, 0.4) is 0 Å². The summed E-state index contributed by atoms with van der Waals surface area (Å²) < 4.78 is 1.31. The van der Waals surface area contributed by atoms with Gasteiger partial charge in [0, 0.05) is 11.5 Å². The van der Waals surface area contributed by atoms with Gasteiger partial charge in [-0.25, -0.2) is 0 Å². The van der Waals surface area contributed by atoms with E-state index in [0.717, 1.165) is 25.7 Å². The molecule has 1 aromatic heterocycles. The second-order valence-corrected chi connectivity index (χ2v) is 4.69. The van der Waals surface area contributed by atoms with Crippen molar-refractivity contribution in [2.75, 3.05) is 0 Å². The monoisotopic (exact) mass is 245 g/mol. The first-order chi connectivity index (χ1) is 8.75. The zero-order valence-corrected chi connectivity index (χ0v) is 10.0. The molecule has 4 heteroatoms. The second kappa shape index (κ2) is 4.37. The lowest BCUT2D eigenvalue weighted by Crippen LogP contribution is -2.32. The minimum Gasteiger partial charge on any atom is -0.507 e. The van der Waals surface area contributed by atoms with Gasteiger partial charge < -0.3 is 9.94 Å². The van der Waals surface area contributed by atoms with E-state index in [1.807, 2.05) is 12.1 Å². The van der Waals surface area contributed by atoms with Gasteiger partial charge in [-0.3, -0.25) is 4.79 Å². The summed E-state index contributed by atoms with van der Waals surface area (Å²) in [4.78, 5) is 17.7. The first-order valence-electron chi connectivity index (χ1n) is 6.26. The van der Waals surface area contributed by atoms with Crippen molar-refractivity contribution in [3.8, 4) is 5.75 Å². The Morgan fingerprint density at radius 3 is 2.72 bits per heavy atom. The van der Waals surface area contributed by atoms with Gasteiger partial charge in [0.2, 0.25) is 0 Å². The molecule has 1 aliphatic rings. The van der Waals surface area contributed by atoms with Gasteiger partial charge in [0.05, 0.1) is 5.52 Å². The number of rotatable bonds is 2. The molecule has 0 atom stereocenters. The molecule has 0 bridgehead atoms. The zero-order valence-electron chi connectivity index (χ0n) is 10.0. The highest BCUT2D eigenvalue weighted by Gasteiger charge is 2.19. The van der Waals surface area contributed by atoms with E-state index in [2.05, 4.69) is 0 Å². The Balaban J connectivity index is 2.12. The lowest BCUT2D eigenvalue weighted by molar-refractivity contribution is 0.0430. The van der Waals surface area contributed by atoms with Gasteiger partial charge in [-0.05, 0) is 37.8 Å². The summed E-state index contributed by atoms with van der Waals surface area (Å²) in [6, 6.07) is 8.42. The van der Waals surface area contributed by atoms with Crippen LogP contribution < -0.4 is 10.4 Å². The molecule has 2 aromatic rings. The molecule has 94 valence electrons. The number of fused-ring (bicyclic) bond motifs is 1. The van der Waals surface area contributed by atoms with Crippen molar-refractivity contribution in [3.63, 3.8) is 0 Å². The summed E-state index contributed by atoms with van der Waals surface area (Å²) in [5.41, 5.74) is 0.299. The fourth-order valence-corrected chi connectivity index (χ4v) is 2.49. The molecule has 0 radical (unpaired) electrons. The lowest BCUT2D eigenvalue weighted by atomic mass is 10.2. The van der Waals surface area contributed by atoms with E-state index in [1.54, 1.807) is 12.1 Å². The van der Waals surface area contributed by atoms with Crippen LogP contribution in [0.1, 0.15) is 25.7 Å². The Labute approximate surface area is 104 Å². The highest BCUT2D eigenvalue weighted by atomic mass is 16.7. The van der Waals surface area contributed by atoms with Crippen LogP contribution in [0.4, 0.5) is 0 Å². The van der Waals surface area contributed by atoms with Gasteiger partial charge in [-0.2, -0.15) is 0 Å². The zero-order chi connectivity index (χ0) is 12.5. The average molecular weight is 245 g/mol. The van der Waals surface area contributed by atoms with Crippen LogP contribution in [0, 0.1) is 0 Å². The van der Waals surface area contributed by atoms with Crippen LogP contribution in [0.15, 0.2) is 35.1 Å². The number of aromatic nitrogens is 1. The van der Waals surface area contributed by atoms with Crippen LogP contribution in [-0.2, 0) is 0 Å². The van der Waals surface area contributed by atoms with E-state index >= 15 is 0 Å². The van der Waals surface area contributed by atoms with Gasteiger partial charge in [-0.1, -0.05) is 12.1 Å². The molecule has 1 aliphatic carbocycles. The van der Waals surface area contributed by atoms with Crippen molar-refractivity contribution in [2.24, 2.45) is 0 Å². The standard InChI is InChI=1S/C14H15NO3/c16-13-9-14(17)15(18-10-5-1-2-6-10)12-8-4-3-7-11(12)13/h3-4,7-10,16H,1-2,5-6H2. The van der Waals surface area contributed by atoms with E-state index in [1.165, 1.54) is 10.8 Å². The number of para-hydroxylation sites is 1. The fourth-order valence-electron chi connectivity index (χ4n) is 2.49. The third-order valence-corrected chi connectivity index (χ3v) is 3.42. The van der Waals surface area contributed by atoms with Gasteiger partial charge in [0.25, 0.3) is 5.56 Å². The molecule has 4 nitrogen and oxygen atoms in total. The number of nitrogens with zero attached hydrogens (tertiary/aromatic N) is 1. The number of hydrogen-bond acceptors (Lipinski definition) is 3. The number of pyridine rings is 1. The fraction of sp³-hybridized carbons (Fsp3) is 0.357. The topological polar surface area (TPSA) is 51.5 Å². The summed E-state index contributed by atoms with van der Waals surface area (Å²) in [5, 5.41) is 10.4. The highest BCUT2D eigenvalue weighted by molar-refractivity contribution is 5.84. The Bertz CT molecular complexity index is 626. The summed E-state index contributed by atoms with van der Waals surface area (Å²) in [6.07, 6.45) is 4.38. The third kappa shape index (κ3) is 1.83. The average Bonchev–Trinajstić information content (AvgIpc) is 2.87. The predicted molar refractivity (Wildman–Crippen MR) is 68.7 cm³/mol. The van der Waals surface area contributed by atoms with Crippen LogP contribution in [0.2, 0.25) is 0 Å². The van der Waals surface area contributed by atoms with E-state index in [4.69, 9.17) is 4.84 Å². The Morgan fingerprint density at radius 2 is 1.94 bits per heavy atom. The van der Waals surface area contributed by atoms with Gasteiger partial charge in [-0.15, -0.1) is 4.73 Å². The second-order valence-electron chi connectivity index (χ2n) is 4.69. The number of aromatic hydroxyl groups is 1. The van der Waals surface area contributed by atoms with Crippen molar-refractivity contribution < 1.29 is 9.94 Å². The first-order valence-corrected chi connectivity index (χ1v) is 6.26. The molecule has 1 aromatic carbocycles. The molecule has 1 fully saturated rings. The van der Waals surface area contributed by atoms with Crippen molar-refractivity contribution in [1.82, 2.24) is 4.73 Å². The maximum Gasteiger partial charge on any atom is 0.287 e. The van der Waals surface area contributed by atoms with Crippen LogP contribution in [-0.4, -0.2) is 15.9 Å². The lowest BCUT2D eigenvalue weighted by Gasteiger charge is -2.16. The third-order valence-electron chi connectivity index (χ3n) is 3.42. The van der Waals surface area contributed by atoms with Gasteiger partial charge in [0.1, 0.15) is 11.9 Å². The smallest absolute Gasteiger partial charge is 0.287 e.